The van der Waals surface area contributed by atoms with Gasteiger partial charge in [-0.05, 0) is 36.8 Å². The Morgan fingerprint density at radius 3 is 1.42 bits per heavy atom. The van der Waals surface area contributed by atoms with E-state index in [1.165, 1.54) is 184 Å². The topological polar surface area (TPSA) is 19.7 Å². The number of rotatable bonds is 32. The summed E-state index contributed by atoms with van der Waals surface area (Å²) in [6.45, 7) is 8.30. The van der Waals surface area contributed by atoms with Gasteiger partial charge in [-0.1, -0.05) is 229 Å². The van der Waals surface area contributed by atoms with Gasteiger partial charge < -0.3 is 0 Å². The average Bonchev–Trinajstić information content (AvgIpc) is 3.60. The largest absolute Gasteiger partial charge is 0.258 e. The van der Waals surface area contributed by atoms with E-state index in [1.54, 1.807) is 0 Å². The van der Waals surface area contributed by atoms with Gasteiger partial charge in [0.1, 0.15) is 12.4 Å². The van der Waals surface area contributed by atoms with Gasteiger partial charge in [0.25, 0.3) is 5.82 Å². The maximum Gasteiger partial charge on any atom is 0.258 e. The summed E-state index contributed by atoms with van der Waals surface area (Å²) in [4.78, 5) is 3.82. The van der Waals surface area contributed by atoms with Crippen LogP contribution in [0.1, 0.15) is 211 Å². The van der Waals surface area contributed by atoms with Gasteiger partial charge in [-0.2, -0.15) is 0 Å². The molecule has 2 aromatic carbocycles. The third-order valence-corrected chi connectivity index (χ3v) is 11.6. The van der Waals surface area contributed by atoms with Crippen molar-refractivity contribution in [2.75, 3.05) is 0 Å². The summed E-state index contributed by atoms with van der Waals surface area (Å²) in [5.41, 5.74) is 2.91. The minimum atomic E-state index is 0.00286. The van der Waals surface area contributed by atoms with Crippen molar-refractivity contribution < 1.29 is 4.57 Å². The zero-order valence-electron chi connectivity index (χ0n) is 33.3. The van der Waals surface area contributed by atoms with Gasteiger partial charge in [-0.3, -0.25) is 0 Å². The predicted octanol–water partition coefficient (Wildman–Crippen LogP) is 14.8. The zero-order chi connectivity index (χ0) is 35.4. The molecule has 3 rings (SSSR count). The van der Waals surface area contributed by atoms with E-state index in [0.29, 0.717) is 5.92 Å². The van der Waals surface area contributed by atoms with Crippen molar-refractivity contribution in [3.8, 4) is 0 Å². The molecule has 3 aromatic rings. The monoisotopic (exact) mass is 684 g/mol. The molecule has 0 bridgehead atoms. The van der Waals surface area contributed by atoms with Crippen LogP contribution in [-0.4, -0.2) is 4.98 Å². The van der Waals surface area contributed by atoms with E-state index in [-0.39, 0.29) is 5.41 Å². The number of benzene rings is 2. The minimum Gasteiger partial charge on any atom is -0.247 e. The molecule has 0 aliphatic rings. The van der Waals surface area contributed by atoms with Crippen LogP contribution in [0.25, 0.3) is 0 Å². The number of imidazole rings is 1. The van der Waals surface area contributed by atoms with E-state index in [9.17, 15) is 0 Å². The van der Waals surface area contributed by atoms with Crippen LogP contribution >= 0.6 is 0 Å². The van der Waals surface area contributed by atoms with Crippen molar-refractivity contribution in [3.63, 3.8) is 0 Å². The van der Waals surface area contributed by atoms with Crippen molar-refractivity contribution >= 4 is 0 Å². The first kappa shape index (κ1) is 42.1. The quantitative estimate of drug-likeness (QED) is 0.0499. The number of nitrogens with zero attached hydrogens (tertiary/aromatic N) is 1. The van der Waals surface area contributed by atoms with E-state index in [4.69, 9.17) is 0 Å². The lowest BCUT2D eigenvalue weighted by Gasteiger charge is -2.37. The molecule has 1 heterocycles. The number of hydrogen-bond donors (Lipinski definition) is 1. The normalized spacial score (nSPS) is 13.4. The van der Waals surface area contributed by atoms with Crippen LogP contribution in [0.5, 0.6) is 0 Å². The SMILES string of the molecule is CCCCCCCCCCCCCCCCC(c1[nH]cc[n+]1CCCCCCCCCCCCC)C(C)(Cc1ccccc1)c1ccccc1. The Kier molecular flexibility index (Phi) is 23.0. The first-order valence-electron chi connectivity index (χ1n) is 21.8. The van der Waals surface area contributed by atoms with Crippen LogP contribution in [0.2, 0.25) is 0 Å². The fourth-order valence-corrected chi connectivity index (χ4v) is 8.38. The molecule has 0 fully saturated rings. The van der Waals surface area contributed by atoms with Crippen molar-refractivity contribution in [3.05, 3.63) is 90.0 Å². The van der Waals surface area contributed by atoms with Gasteiger partial charge in [0.05, 0.1) is 12.5 Å². The molecule has 0 saturated heterocycles. The molecule has 2 heteroatoms. The number of nitrogens with one attached hydrogen (secondary N) is 1. The number of aromatic nitrogens is 2. The van der Waals surface area contributed by atoms with E-state index in [1.807, 2.05) is 0 Å². The average molecular weight is 684 g/mol. The van der Waals surface area contributed by atoms with Gasteiger partial charge in [0.15, 0.2) is 0 Å². The molecular formula is C48H79N2+. The molecule has 2 unspecified atom stereocenters. The smallest absolute Gasteiger partial charge is 0.247 e. The van der Waals surface area contributed by atoms with Crippen molar-refractivity contribution in [2.45, 2.75) is 212 Å². The van der Waals surface area contributed by atoms with Gasteiger partial charge in [-0.15, -0.1) is 0 Å². The van der Waals surface area contributed by atoms with Crippen molar-refractivity contribution in [1.82, 2.24) is 4.98 Å². The predicted molar refractivity (Wildman–Crippen MR) is 219 cm³/mol. The van der Waals surface area contributed by atoms with Gasteiger partial charge in [-0.25, -0.2) is 9.55 Å². The lowest BCUT2D eigenvalue weighted by atomic mass is 9.66. The summed E-state index contributed by atoms with van der Waals surface area (Å²) in [5.74, 6) is 1.87. The second kappa shape index (κ2) is 27.3. The highest BCUT2D eigenvalue weighted by Crippen LogP contribution is 2.43. The molecule has 280 valence electrons. The van der Waals surface area contributed by atoms with Gasteiger partial charge in [0, 0.05) is 5.41 Å². The highest BCUT2D eigenvalue weighted by Gasteiger charge is 2.41. The number of aromatic amines is 1. The minimum absolute atomic E-state index is 0.00286. The molecule has 0 saturated carbocycles. The molecule has 0 radical (unpaired) electrons. The number of H-pyrrole nitrogens is 1. The Bertz CT molecular complexity index is 1170. The maximum atomic E-state index is 3.82. The highest BCUT2D eigenvalue weighted by molar-refractivity contribution is 5.32. The van der Waals surface area contributed by atoms with Crippen LogP contribution in [0.4, 0.5) is 0 Å². The van der Waals surface area contributed by atoms with Crippen LogP contribution in [0.3, 0.4) is 0 Å². The Morgan fingerprint density at radius 2 is 0.940 bits per heavy atom. The standard InChI is InChI=1S/C48H78N2/c1-4-6-8-10-12-14-16-17-18-19-21-23-25-33-39-46(48(3,45-37-31-28-32-38-45)43-44-35-29-27-30-36-44)47-49-40-42-50(47)41-34-26-24-22-20-15-13-11-9-7-5-2/h27-32,35-38,40,42,46H,4-26,33-34,39,41,43H2,1-3H3/p+1. The number of hydrogen-bond acceptors (Lipinski definition) is 0. The lowest BCUT2D eigenvalue weighted by Crippen LogP contribution is -2.43. The van der Waals surface area contributed by atoms with E-state index in [0.717, 1.165) is 13.0 Å². The van der Waals surface area contributed by atoms with Crippen LogP contribution in [0, 0.1) is 0 Å². The Hall–Kier alpha value is -2.35. The molecule has 0 amide bonds. The van der Waals surface area contributed by atoms with Gasteiger partial charge in [0.2, 0.25) is 0 Å². The summed E-state index contributed by atoms with van der Waals surface area (Å²) in [6, 6.07) is 22.7. The summed E-state index contributed by atoms with van der Waals surface area (Å²) in [7, 11) is 0. The number of unbranched alkanes of at least 4 members (excludes halogenated alkanes) is 23. The summed E-state index contributed by atoms with van der Waals surface area (Å²) in [6.07, 6.45) is 41.9. The van der Waals surface area contributed by atoms with Crippen molar-refractivity contribution in [1.29, 1.82) is 0 Å². The maximum absolute atomic E-state index is 3.82. The Labute approximate surface area is 310 Å². The van der Waals surface area contributed by atoms with Gasteiger partial charge >= 0.3 is 0 Å². The third-order valence-electron chi connectivity index (χ3n) is 11.6. The summed E-state index contributed by atoms with van der Waals surface area (Å²) < 4.78 is 2.59. The Balaban J connectivity index is 1.56. The fraction of sp³-hybridized carbons (Fsp3) is 0.688. The molecule has 2 atom stereocenters. The first-order valence-corrected chi connectivity index (χ1v) is 21.8. The van der Waals surface area contributed by atoms with Crippen LogP contribution in [-0.2, 0) is 18.4 Å². The summed E-state index contributed by atoms with van der Waals surface area (Å²) in [5, 5.41) is 0. The molecule has 2 nitrogen and oxygen atoms in total. The highest BCUT2D eigenvalue weighted by atomic mass is 15.1. The lowest BCUT2D eigenvalue weighted by molar-refractivity contribution is -0.705. The second-order valence-electron chi connectivity index (χ2n) is 16.0. The second-order valence-corrected chi connectivity index (χ2v) is 16.0. The van der Waals surface area contributed by atoms with E-state index in [2.05, 4.69) is 103 Å². The van der Waals surface area contributed by atoms with Crippen LogP contribution < -0.4 is 4.57 Å². The Morgan fingerprint density at radius 1 is 0.520 bits per heavy atom. The number of aryl methyl sites for hydroxylation is 1. The zero-order valence-corrected chi connectivity index (χ0v) is 33.3. The molecule has 0 aliphatic heterocycles. The van der Waals surface area contributed by atoms with Crippen LogP contribution in [0.15, 0.2) is 73.1 Å². The molecule has 0 spiro atoms. The van der Waals surface area contributed by atoms with E-state index < -0.39 is 0 Å². The molecule has 0 aliphatic carbocycles. The molecule has 1 N–H and O–H groups in total. The molecule has 1 aromatic heterocycles. The molecular weight excluding hydrogens is 605 g/mol. The first-order chi connectivity index (χ1) is 24.7. The van der Waals surface area contributed by atoms with E-state index >= 15 is 0 Å². The fourth-order valence-electron chi connectivity index (χ4n) is 8.38. The third kappa shape index (κ3) is 16.8. The molecule has 50 heavy (non-hydrogen) atoms. The summed E-state index contributed by atoms with van der Waals surface area (Å²) >= 11 is 0. The van der Waals surface area contributed by atoms with Crippen molar-refractivity contribution in [2.24, 2.45) is 0 Å².